The van der Waals surface area contributed by atoms with Crippen molar-refractivity contribution in [3.63, 3.8) is 0 Å². The predicted octanol–water partition coefficient (Wildman–Crippen LogP) is 1.92. The minimum atomic E-state index is -0.329. The van der Waals surface area contributed by atoms with Gasteiger partial charge in [0.05, 0.1) is 18.4 Å². The van der Waals surface area contributed by atoms with Crippen LogP contribution in [0.3, 0.4) is 0 Å². The third kappa shape index (κ3) is 4.43. The summed E-state index contributed by atoms with van der Waals surface area (Å²) < 4.78 is 4.88. The van der Waals surface area contributed by atoms with Crippen molar-refractivity contribution in [1.29, 1.82) is 0 Å². The zero-order chi connectivity index (χ0) is 20.2. The van der Waals surface area contributed by atoms with Crippen LogP contribution >= 0.6 is 0 Å². The van der Waals surface area contributed by atoms with Gasteiger partial charge in [0.1, 0.15) is 17.8 Å². The molecule has 8 nitrogen and oxygen atoms in total. The normalized spacial score (nSPS) is 19.3. The van der Waals surface area contributed by atoms with Gasteiger partial charge in [-0.25, -0.2) is 0 Å². The first-order valence-electron chi connectivity index (χ1n) is 9.62. The van der Waals surface area contributed by atoms with E-state index < -0.39 is 0 Å². The Balaban J connectivity index is 1.39. The molecule has 2 N–H and O–H groups in total. The zero-order valence-corrected chi connectivity index (χ0v) is 16.2. The second-order valence-corrected chi connectivity index (χ2v) is 7.44. The molecule has 1 aromatic carbocycles. The summed E-state index contributed by atoms with van der Waals surface area (Å²) in [6, 6.07) is 11.9. The number of nitrogens with one attached hydrogen (secondary N) is 2. The Kier molecular flexibility index (Phi) is 5.53. The summed E-state index contributed by atoms with van der Waals surface area (Å²) in [6.07, 6.45) is 2.76. The highest BCUT2D eigenvalue weighted by molar-refractivity contribution is 5.93. The summed E-state index contributed by atoms with van der Waals surface area (Å²) in [5, 5.41) is 11.0. The van der Waals surface area contributed by atoms with Gasteiger partial charge in [-0.05, 0) is 17.5 Å². The number of amides is 1. The SMILES string of the molecule is CC1CN(Cc2ccccc2)CC1c1nnc(CNC(=O)c2ccoc2)c(=O)[nH]1. The van der Waals surface area contributed by atoms with E-state index >= 15 is 0 Å². The smallest absolute Gasteiger partial charge is 0.274 e. The first-order valence-corrected chi connectivity index (χ1v) is 9.62. The molecule has 0 aliphatic carbocycles. The van der Waals surface area contributed by atoms with Gasteiger partial charge in [0.2, 0.25) is 0 Å². The van der Waals surface area contributed by atoms with Gasteiger partial charge in [-0.3, -0.25) is 14.5 Å². The molecule has 29 heavy (non-hydrogen) atoms. The second kappa shape index (κ2) is 8.40. The monoisotopic (exact) mass is 393 g/mol. The molecule has 0 bridgehead atoms. The van der Waals surface area contributed by atoms with Crippen molar-refractivity contribution in [2.45, 2.75) is 25.9 Å². The first-order chi connectivity index (χ1) is 14.1. The number of H-pyrrole nitrogens is 1. The van der Waals surface area contributed by atoms with Crippen LogP contribution in [0.4, 0.5) is 0 Å². The average molecular weight is 393 g/mol. The molecule has 1 aliphatic rings. The molecule has 1 saturated heterocycles. The summed E-state index contributed by atoms with van der Waals surface area (Å²) in [5.41, 5.74) is 1.52. The minimum Gasteiger partial charge on any atom is -0.472 e. The van der Waals surface area contributed by atoms with Gasteiger partial charge >= 0.3 is 0 Å². The van der Waals surface area contributed by atoms with Crippen LogP contribution in [-0.2, 0) is 13.1 Å². The molecule has 3 heterocycles. The first kappa shape index (κ1) is 19.1. The molecule has 1 amide bonds. The van der Waals surface area contributed by atoms with Crippen LogP contribution in [0.15, 0.2) is 58.1 Å². The van der Waals surface area contributed by atoms with Crippen LogP contribution < -0.4 is 10.9 Å². The maximum atomic E-state index is 12.4. The highest BCUT2D eigenvalue weighted by Gasteiger charge is 2.32. The number of likely N-dealkylation sites (tertiary alicyclic amines) is 1. The number of aromatic nitrogens is 3. The Morgan fingerprint density at radius 3 is 2.79 bits per heavy atom. The highest BCUT2D eigenvalue weighted by Crippen LogP contribution is 2.30. The Labute approximate surface area is 168 Å². The number of hydrogen-bond acceptors (Lipinski definition) is 6. The maximum absolute atomic E-state index is 12.4. The second-order valence-electron chi connectivity index (χ2n) is 7.44. The third-order valence-corrected chi connectivity index (χ3v) is 5.27. The predicted molar refractivity (Wildman–Crippen MR) is 106 cm³/mol. The fraction of sp³-hybridized carbons (Fsp3) is 0.333. The summed E-state index contributed by atoms with van der Waals surface area (Å²) in [6.45, 7) is 4.79. The molecule has 150 valence electrons. The van der Waals surface area contributed by atoms with Crippen molar-refractivity contribution in [1.82, 2.24) is 25.4 Å². The van der Waals surface area contributed by atoms with E-state index in [1.165, 1.54) is 18.1 Å². The Morgan fingerprint density at radius 2 is 2.07 bits per heavy atom. The number of hydrogen-bond donors (Lipinski definition) is 2. The Hall–Kier alpha value is -3.26. The molecule has 3 aromatic rings. The molecule has 1 fully saturated rings. The van der Waals surface area contributed by atoms with E-state index in [0.717, 1.165) is 19.6 Å². The van der Waals surface area contributed by atoms with Gasteiger partial charge in [0.15, 0.2) is 0 Å². The number of benzene rings is 1. The van der Waals surface area contributed by atoms with Crippen LogP contribution in [0.5, 0.6) is 0 Å². The lowest BCUT2D eigenvalue weighted by atomic mass is 9.97. The van der Waals surface area contributed by atoms with Gasteiger partial charge in [0.25, 0.3) is 11.5 Å². The number of rotatable bonds is 6. The largest absolute Gasteiger partial charge is 0.472 e. The lowest BCUT2D eigenvalue weighted by Gasteiger charge is -2.15. The van der Waals surface area contributed by atoms with Crippen molar-refractivity contribution in [2.75, 3.05) is 13.1 Å². The van der Waals surface area contributed by atoms with E-state index in [2.05, 4.69) is 44.5 Å². The van der Waals surface area contributed by atoms with Crippen LogP contribution in [0.25, 0.3) is 0 Å². The molecule has 2 atom stereocenters. The van der Waals surface area contributed by atoms with E-state index in [1.54, 1.807) is 6.07 Å². The van der Waals surface area contributed by atoms with Gasteiger partial charge in [-0.1, -0.05) is 37.3 Å². The summed E-state index contributed by atoms with van der Waals surface area (Å²) in [7, 11) is 0. The van der Waals surface area contributed by atoms with Crippen molar-refractivity contribution >= 4 is 5.91 Å². The molecule has 1 aliphatic heterocycles. The van der Waals surface area contributed by atoms with Crippen LogP contribution in [0, 0.1) is 5.92 Å². The molecule has 0 radical (unpaired) electrons. The van der Waals surface area contributed by atoms with E-state index in [0.29, 0.717) is 17.3 Å². The van der Waals surface area contributed by atoms with Crippen molar-refractivity contribution in [3.8, 4) is 0 Å². The molecule has 8 heteroatoms. The van der Waals surface area contributed by atoms with Crippen LogP contribution in [0.1, 0.15) is 40.3 Å². The average Bonchev–Trinajstić information content (AvgIpc) is 3.38. The summed E-state index contributed by atoms with van der Waals surface area (Å²) in [4.78, 5) is 29.6. The van der Waals surface area contributed by atoms with E-state index in [1.807, 2.05) is 18.2 Å². The topological polar surface area (TPSA) is 104 Å². The molecule has 2 aromatic heterocycles. The van der Waals surface area contributed by atoms with Crippen LogP contribution in [0.2, 0.25) is 0 Å². The van der Waals surface area contributed by atoms with E-state index in [-0.39, 0.29) is 29.6 Å². The molecule has 0 saturated carbocycles. The lowest BCUT2D eigenvalue weighted by molar-refractivity contribution is 0.0949. The van der Waals surface area contributed by atoms with Crippen molar-refractivity contribution < 1.29 is 9.21 Å². The highest BCUT2D eigenvalue weighted by atomic mass is 16.3. The Bertz CT molecular complexity index is 1020. The van der Waals surface area contributed by atoms with E-state index in [4.69, 9.17) is 4.42 Å². The van der Waals surface area contributed by atoms with Crippen LogP contribution in [-0.4, -0.2) is 39.1 Å². The number of aromatic amines is 1. The Morgan fingerprint density at radius 1 is 1.24 bits per heavy atom. The maximum Gasteiger partial charge on any atom is 0.274 e. The van der Waals surface area contributed by atoms with Gasteiger partial charge in [-0.2, -0.15) is 0 Å². The summed E-state index contributed by atoms with van der Waals surface area (Å²) in [5.74, 6) is 0.747. The van der Waals surface area contributed by atoms with E-state index in [9.17, 15) is 9.59 Å². The number of furan rings is 1. The quantitative estimate of drug-likeness (QED) is 0.663. The summed E-state index contributed by atoms with van der Waals surface area (Å²) >= 11 is 0. The molecular formula is C21H23N5O3. The number of nitrogens with zero attached hydrogens (tertiary/aromatic N) is 3. The molecule has 2 unspecified atom stereocenters. The minimum absolute atomic E-state index is 0.00692. The standard InChI is InChI=1S/C21H23N5O3/c1-14-10-26(11-15-5-3-2-4-6-15)12-17(14)19-23-21(28)18(24-25-19)9-22-20(27)16-7-8-29-13-16/h2-8,13-14,17H,9-12H2,1H3,(H,22,27)(H,23,25,28). The fourth-order valence-electron chi connectivity index (χ4n) is 3.71. The molecule has 0 spiro atoms. The molecular weight excluding hydrogens is 370 g/mol. The molecule has 4 rings (SSSR count). The number of carbonyl (C=O) groups is 1. The number of carbonyl (C=O) groups excluding carboxylic acids is 1. The van der Waals surface area contributed by atoms with Crippen molar-refractivity contribution in [3.05, 3.63) is 81.9 Å². The van der Waals surface area contributed by atoms with Gasteiger partial charge in [0, 0.05) is 25.6 Å². The zero-order valence-electron chi connectivity index (χ0n) is 16.2. The van der Waals surface area contributed by atoms with Gasteiger partial charge in [-0.15, -0.1) is 10.2 Å². The van der Waals surface area contributed by atoms with Gasteiger partial charge < -0.3 is 14.7 Å². The lowest BCUT2D eigenvalue weighted by Crippen LogP contribution is -2.30. The fourth-order valence-corrected chi connectivity index (χ4v) is 3.71. The van der Waals surface area contributed by atoms with Crippen molar-refractivity contribution in [2.24, 2.45) is 5.92 Å². The third-order valence-electron chi connectivity index (χ3n) is 5.27.